The first-order valence-corrected chi connectivity index (χ1v) is 24.3. The molecule has 11 nitrogen and oxygen atoms in total. The van der Waals surface area contributed by atoms with E-state index in [1.54, 1.807) is 0 Å². The molecule has 8 rings (SSSR count). The molecule has 5 aliphatic rings. The average Bonchev–Trinajstić information content (AvgIpc) is 3.54. The topological polar surface area (TPSA) is 137 Å². The van der Waals surface area contributed by atoms with E-state index in [0.29, 0.717) is 31.3 Å². The Bertz CT molecular complexity index is 2370. The summed E-state index contributed by atoms with van der Waals surface area (Å²) in [5.41, 5.74) is 7.48. The fraction of sp³-hybridized carbons (Fsp3) is 0.558. The fourth-order valence-electron chi connectivity index (χ4n) is 9.51. The molecule has 3 aromatic rings. The predicted molar refractivity (Wildman–Crippen MR) is 220 cm³/mol. The minimum Gasteiger partial charge on any atom is -0.744 e. The van der Waals surface area contributed by atoms with Gasteiger partial charge in [-0.05, 0) is 94.0 Å². The second-order valence-electron chi connectivity index (χ2n) is 15.9. The first-order valence-electron chi connectivity index (χ1n) is 20.9. The predicted octanol–water partition coefficient (Wildman–Crippen LogP) is 4.92. The number of halogens is 1. The molecule has 0 unspecified atom stereocenters. The van der Waals surface area contributed by atoms with Crippen LogP contribution in [0.3, 0.4) is 0 Å². The van der Waals surface area contributed by atoms with Gasteiger partial charge in [-0.25, -0.2) is 26.1 Å². The highest BCUT2D eigenvalue weighted by atomic mass is 35.5. The van der Waals surface area contributed by atoms with Crippen LogP contribution < -0.4 is 29.5 Å². The van der Waals surface area contributed by atoms with Gasteiger partial charge in [-0.2, -0.15) is 0 Å². The molecule has 5 aliphatic heterocycles. The minimum absolute atomic E-state index is 0.0345. The Labute approximate surface area is 341 Å². The Morgan fingerprint density at radius 2 is 1.51 bits per heavy atom. The van der Waals surface area contributed by atoms with Gasteiger partial charge in [-0.3, -0.25) is 0 Å². The van der Waals surface area contributed by atoms with Crippen molar-refractivity contribution in [3.8, 4) is 11.5 Å². The number of hydrogen-bond acceptors (Lipinski definition) is 9. The van der Waals surface area contributed by atoms with Crippen LogP contribution >= 0.6 is 11.6 Å². The maximum atomic E-state index is 13.6. The number of sulfonamides is 1. The van der Waals surface area contributed by atoms with Gasteiger partial charge >= 0.3 is 0 Å². The molecule has 0 bridgehead atoms. The third kappa shape index (κ3) is 8.53. The van der Waals surface area contributed by atoms with E-state index in [-0.39, 0.29) is 23.6 Å². The first-order chi connectivity index (χ1) is 27.7. The molecule has 308 valence electrons. The van der Waals surface area contributed by atoms with Gasteiger partial charge in [-0.15, -0.1) is 11.6 Å². The first kappa shape index (κ1) is 40.7. The lowest BCUT2D eigenvalue weighted by atomic mass is 9.84. The van der Waals surface area contributed by atoms with Gasteiger partial charge < -0.3 is 23.7 Å². The Morgan fingerprint density at radius 3 is 2.35 bits per heavy atom. The monoisotopic (exact) mass is 839 g/mol. The molecule has 0 saturated carbocycles. The van der Waals surface area contributed by atoms with Gasteiger partial charge in [0.15, 0.2) is 0 Å². The van der Waals surface area contributed by atoms with Crippen molar-refractivity contribution in [3.05, 3.63) is 74.3 Å². The summed E-state index contributed by atoms with van der Waals surface area (Å²) < 4.78 is 90.4. The van der Waals surface area contributed by atoms with Crippen molar-refractivity contribution < 1.29 is 35.6 Å². The molecule has 0 fully saturated rings. The summed E-state index contributed by atoms with van der Waals surface area (Å²) in [6.07, 6.45) is 13.7. The van der Waals surface area contributed by atoms with Crippen molar-refractivity contribution in [1.29, 1.82) is 0 Å². The zero-order chi connectivity index (χ0) is 39.6. The van der Waals surface area contributed by atoms with E-state index in [0.717, 1.165) is 156 Å². The van der Waals surface area contributed by atoms with Crippen LogP contribution in [0.4, 0.5) is 5.69 Å². The van der Waals surface area contributed by atoms with Crippen LogP contribution in [0.15, 0.2) is 40.1 Å². The molecule has 1 N–H and O–H groups in total. The zero-order valence-corrected chi connectivity index (χ0v) is 35.1. The lowest BCUT2D eigenvalue weighted by Crippen LogP contribution is -2.41. The van der Waals surface area contributed by atoms with E-state index >= 15 is 0 Å². The number of anilines is 1. The van der Waals surface area contributed by atoms with Crippen LogP contribution in [0.5, 0.6) is 11.5 Å². The number of aryl methyl sites for hydroxylation is 2. The molecule has 57 heavy (non-hydrogen) atoms. The molecule has 0 radical (unpaired) electrons. The Kier molecular flexibility index (Phi) is 12.6. The average molecular weight is 841 g/mol. The third-order valence-corrected chi connectivity index (χ3v) is 14.7. The number of ether oxygens (including phenoxy) is 3. The second kappa shape index (κ2) is 17.7. The maximum absolute atomic E-state index is 13.6. The number of fused-ring (bicyclic) bond motifs is 4. The van der Waals surface area contributed by atoms with Crippen LogP contribution in [0, 0.1) is 0 Å². The molecule has 0 atom stereocenters. The minimum atomic E-state index is -5.16. The van der Waals surface area contributed by atoms with E-state index in [4.69, 9.17) is 25.8 Å². The highest BCUT2D eigenvalue weighted by Gasteiger charge is 2.36. The summed E-state index contributed by atoms with van der Waals surface area (Å²) in [6.45, 7) is 5.35. The van der Waals surface area contributed by atoms with Gasteiger partial charge in [0.05, 0.1) is 35.2 Å². The van der Waals surface area contributed by atoms with Crippen LogP contribution in [-0.2, 0) is 55.3 Å². The van der Waals surface area contributed by atoms with Crippen molar-refractivity contribution in [3.63, 3.8) is 0 Å². The molecule has 5 heterocycles. The summed E-state index contributed by atoms with van der Waals surface area (Å²) >= 11 is 5.71. The Morgan fingerprint density at radius 1 is 0.754 bits per heavy atom. The molecular formula is C43H54ClN3O8S2. The molecular weight excluding hydrogens is 786 g/mol. The summed E-state index contributed by atoms with van der Waals surface area (Å²) in [7, 11) is -9.35. The normalized spacial score (nSPS) is 17.5. The molecule has 0 saturated heterocycles. The summed E-state index contributed by atoms with van der Waals surface area (Å²) in [5.74, 6) is 2.12. The smallest absolute Gasteiger partial charge is 0.240 e. The quantitative estimate of drug-likeness (QED) is 0.0722. The SMILES string of the molecule is O=S(=O)([O-])c1cc(S(=O)(=O)NCCOCCOCCCCCCCl)ccc1C1=c2cc3c4c(c2Oc2c1cc1c5c2CCCN5CCCC1)CCC[N+]=4CCCC3. The molecule has 0 aromatic heterocycles. The van der Waals surface area contributed by atoms with Gasteiger partial charge in [0.25, 0.3) is 0 Å². The number of unbranched alkanes of at least 4 members (excludes halogenated alkanes) is 3. The number of rotatable bonds is 16. The van der Waals surface area contributed by atoms with Crippen LogP contribution in [0.25, 0.3) is 5.57 Å². The third-order valence-electron chi connectivity index (χ3n) is 12.1. The highest BCUT2D eigenvalue weighted by molar-refractivity contribution is 7.89. The largest absolute Gasteiger partial charge is 0.744 e. The van der Waals surface area contributed by atoms with Crippen molar-refractivity contribution in [1.82, 2.24) is 9.30 Å². The van der Waals surface area contributed by atoms with Gasteiger partial charge in [-0.1, -0.05) is 18.9 Å². The molecule has 3 aromatic carbocycles. The summed E-state index contributed by atoms with van der Waals surface area (Å²) in [6, 6.07) is 8.24. The number of benzene rings is 3. The van der Waals surface area contributed by atoms with E-state index in [2.05, 4.69) is 26.3 Å². The fourth-order valence-corrected chi connectivity index (χ4v) is 11.5. The van der Waals surface area contributed by atoms with E-state index < -0.39 is 25.0 Å². The second-order valence-corrected chi connectivity index (χ2v) is 19.4. The Balaban J connectivity index is 1.17. The zero-order valence-electron chi connectivity index (χ0n) is 32.7. The van der Waals surface area contributed by atoms with E-state index in [1.807, 2.05) is 0 Å². The number of nitrogens with zero attached hydrogens (tertiary/aromatic N) is 2. The van der Waals surface area contributed by atoms with Gasteiger partial charge in [0.1, 0.15) is 34.7 Å². The maximum Gasteiger partial charge on any atom is 0.240 e. The Hall–Kier alpha value is -3.04. The van der Waals surface area contributed by atoms with Gasteiger partial charge in [0.2, 0.25) is 15.4 Å². The van der Waals surface area contributed by atoms with Gasteiger partial charge in [0, 0.05) is 83.7 Å². The van der Waals surface area contributed by atoms with Crippen LogP contribution in [0.2, 0.25) is 0 Å². The lowest BCUT2D eigenvalue weighted by molar-refractivity contribution is 0.0485. The van der Waals surface area contributed by atoms with Crippen molar-refractivity contribution in [2.75, 3.05) is 69.9 Å². The van der Waals surface area contributed by atoms with Crippen molar-refractivity contribution >= 4 is 43.0 Å². The molecule has 0 aliphatic carbocycles. The number of hydrogen-bond donors (Lipinski definition) is 1. The van der Waals surface area contributed by atoms with Crippen LogP contribution in [-0.4, -0.2) is 86.4 Å². The van der Waals surface area contributed by atoms with Crippen molar-refractivity contribution in [2.45, 2.75) is 99.7 Å². The standard InChI is InChI=1S/C43H54ClN3O8S2/c44-17-5-1-2-8-23-53-25-26-54-24-18-45-56(48,49)32-15-16-33(38(29-32)57(50,51)52)39-36-27-30-11-3-6-19-46-21-9-13-34(40(30)46)42(36)55-43-35-14-10-22-47-20-7-4-12-31(41(35)47)28-37(39)43/h15-16,27-29,45H,1-14,17-26H2. The highest BCUT2D eigenvalue weighted by Crippen LogP contribution is 2.49. The van der Waals surface area contributed by atoms with Crippen LogP contribution in [0.1, 0.15) is 97.6 Å². The van der Waals surface area contributed by atoms with Crippen molar-refractivity contribution in [2.24, 2.45) is 0 Å². The number of alkyl halides is 1. The number of nitrogens with one attached hydrogen (secondary N) is 1. The van der Waals surface area contributed by atoms with E-state index in [1.165, 1.54) is 34.3 Å². The van der Waals surface area contributed by atoms with E-state index in [9.17, 15) is 21.4 Å². The summed E-state index contributed by atoms with van der Waals surface area (Å²) in [5, 5.41) is 2.00. The lowest BCUT2D eigenvalue weighted by Gasteiger charge is -2.35. The summed E-state index contributed by atoms with van der Waals surface area (Å²) in [4.78, 5) is 1.62. The molecule has 14 heteroatoms. The molecule has 0 spiro atoms. The molecule has 0 amide bonds.